The van der Waals surface area contributed by atoms with Crippen LogP contribution in [0, 0.1) is 0 Å². The molecule has 3 heteroatoms. The number of rotatable bonds is 0. The van der Waals surface area contributed by atoms with Crippen molar-refractivity contribution in [2.24, 2.45) is 0 Å². The first-order valence-electron chi connectivity index (χ1n) is 1.02. The molecule has 0 radical (unpaired) electrons. The second-order valence-electron chi connectivity index (χ2n) is 0.316. The third kappa shape index (κ3) is 41.4. The monoisotopic (exact) mass is 178 g/mol. The zero-order valence-corrected chi connectivity index (χ0v) is 6.69. The zero-order chi connectivity index (χ0) is 2.71. The van der Waals surface area contributed by atoms with Gasteiger partial charge in [0, 0.05) is 27.7 Å². The van der Waals surface area contributed by atoms with Crippen LogP contribution >= 0.6 is 9.90 Å². The molecule has 0 heterocycles. The van der Waals surface area contributed by atoms with Crippen molar-refractivity contribution in [2.75, 3.05) is 6.61 Å². The van der Waals surface area contributed by atoms with Gasteiger partial charge in [-0.2, -0.15) is 9.90 Å². The summed E-state index contributed by atoms with van der Waals surface area (Å²) >= 11 is 0. The Kier molecular flexibility index (Phi) is 64.7. The van der Waals surface area contributed by atoms with Gasteiger partial charge in [-0.05, 0) is 6.92 Å². The van der Waals surface area contributed by atoms with Crippen LogP contribution < -0.4 is 0 Å². The normalized spacial score (nSPS) is 3.60. The number of aliphatic hydroxyl groups excluding tert-OH is 1. The van der Waals surface area contributed by atoms with Gasteiger partial charge < -0.3 is 5.11 Å². The van der Waals surface area contributed by atoms with Crippen molar-refractivity contribution in [3.8, 4) is 0 Å². The van der Waals surface area contributed by atoms with Gasteiger partial charge in [0.2, 0.25) is 0 Å². The van der Waals surface area contributed by atoms with Gasteiger partial charge in [0.1, 0.15) is 0 Å². The molecule has 0 aliphatic carbocycles. The molecule has 1 atom stereocenters. The predicted molar refractivity (Wildman–Crippen MR) is 23.9 cm³/mol. The molecule has 5 heavy (non-hydrogen) atoms. The maximum absolute atomic E-state index is 7.57. The minimum Gasteiger partial charge on any atom is -0.397 e. The van der Waals surface area contributed by atoms with E-state index in [-0.39, 0.29) is 37.6 Å². The van der Waals surface area contributed by atoms with E-state index in [1.807, 2.05) is 0 Å². The van der Waals surface area contributed by atoms with E-state index >= 15 is 0 Å². The summed E-state index contributed by atoms with van der Waals surface area (Å²) in [6.07, 6.45) is 0. The largest absolute Gasteiger partial charge is 0.397 e. The molecular weight excluding hydrogens is 167 g/mol. The van der Waals surface area contributed by atoms with Gasteiger partial charge in [-0.25, -0.2) is 0 Å². The van der Waals surface area contributed by atoms with Crippen LogP contribution in [0.4, 0.5) is 0 Å². The Bertz CT molecular complexity index is 9.61. The predicted octanol–water partition coefficient (Wildman–Crippen LogP) is 0.0542. The number of hydrogen-bond acceptors (Lipinski definition) is 1. The van der Waals surface area contributed by atoms with Crippen LogP contribution in [-0.2, 0) is 21.1 Å². The summed E-state index contributed by atoms with van der Waals surface area (Å²) in [4.78, 5) is 0. The molecule has 0 saturated heterocycles. The molecule has 0 aliphatic heterocycles. The smallest absolute Gasteiger partial charge is 0.0402 e. The van der Waals surface area contributed by atoms with E-state index in [2.05, 4.69) is 0 Å². The van der Waals surface area contributed by atoms with Gasteiger partial charge in [0.15, 0.2) is 0 Å². The summed E-state index contributed by atoms with van der Waals surface area (Å²) < 4.78 is 0. The third-order valence-electron chi connectivity index (χ3n) is 0. The molecule has 0 aromatic rings. The molecule has 0 aromatic carbocycles. The average molecular weight is 176 g/mol. The standard InChI is InChI=1S/C2H6O.Mo.H3P/c1-2-3;;/h3H,2H2,1H3;;1H3. The maximum Gasteiger partial charge on any atom is 0.0402 e. The molecule has 0 saturated carbocycles. The summed E-state index contributed by atoms with van der Waals surface area (Å²) in [7, 11) is 0. The van der Waals surface area contributed by atoms with Crippen LogP contribution in [0.15, 0.2) is 0 Å². The fourth-order valence-corrected chi connectivity index (χ4v) is 0. The van der Waals surface area contributed by atoms with E-state index in [1.54, 1.807) is 6.92 Å². The van der Waals surface area contributed by atoms with Crippen molar-refractivity contribution < 1.29 is 26.2 Å². The maximum atomic E-state index is 7.57. The summed E-state index contributed by atoms with van der Waals surface area (Å²) in [5, 5.41) is 7.57. The van der Waals surface area contributed by atoms with Crippen LogP contribution in [0.5, 0.6) is 0 Å². The molecule has 34 valence electrons. The first-order chi connectivity index (χ1) is 1.41. The third-order valence-corrected chi connectivity index (χ3v) is 0. The van der Waals surface area contributed by atoms with Crippen LogP contribution in [0.2, 0.25) is 0 Å². The first kappa shape index (κ1) is 16.5. The van der Waals surface area contributed by atoms with Crippen molar-refractivity contribution in [1.82, 2.24) is 0 Å². The van der Waals surface area contributed by atoms with E-state index < -0.39 is 0 Å². The van der Waals surface area contributed by atoms with E-state index in [9.17, 15) is 0 Å². The second-order valence-corrected chi connectivity index (χ2v) is 0.316. The molecule has 0 rings (SSSR count). The Morgan fingerprint density at radius 2 is 1.60 bits per heavy atom. The Hall–Kier alpha value is 1.08. The molecular formula is C2H9MoOP. The first-order valence-corrected chi connectivity index (χ1v) is 1.02. The van der Waals surface area contributed by atoms with E-state index in [4.69, 9.17) is 5.11 Å². The fourth-order valence-electron chi connectivity index (χ4n) is 0. The van der Waals surface area contributed by atoms with Crippen molar-refractivity contribution in [3.63, 3.8) is 0 Å². The van der Waals surface area contributed by atoms with Gasteiger partial charge in [-0.15, -0.1) is 0 Å². The van der Waals surface area contributed by atoms with Gasteiger partial charge in [0.05, 0.1) is 0 Å². The molecule has 0 amide bonds. The van der Waals surface area contributed by atoms with Gasteiger partial charge in [-0.1, -0.05) is 0 Å². The number of aliphatic hydroxyl groups is 1. The van der Waals surface area contributed by atoms with Gasteiger partial charge >= 0.3 is 0 Å². The van der Waals surface area contributed by atoms with Crippen LogP contribution in [0.3, 0.4) is 0 Å². The Labute approximate surface area is 50.0 Å². The molecule has 1 nitrogen and oxygen atoms in total. The minimum atomic E-state index is 0. The topological polar surface area (TPSA) is 20.2 Å². The van der Waals surface area contributed by atoms with Gasteiger partial charge in [0.25, 0.3) is 0 Å². The van der Waals surface area contributed by atoms with Crippen LogP contribution in [-0.4, -0.2) is 11.7 Å². The summed E-state index contributed by atoms with van der Waals surface area (Å²) in [5.41, 5.74) is 0. The molecule has 1 unspecified atom stereocenters. The van der Waals surface area contributed by atoms with Gasteiger partial charge in [-0.3, -0.25) is 0 Å². The number of hydrogen-bond donors (Lipinski definition) is 1. The van der Waals surface area contributed by atoms with E-state index in [0.29, 0.717) is 0 Å². The van der Waals surface area contributed by atoms with Crippen molar-refractivity contribution in [2.45, 2.75) is 6.92 Å². The summed E-state index contributed by atoms with van der Waals surface area (Å²) in [5.74, 6) is 0. The molecule has 1 N–H and O–H groups in total. The molecule has 0 bridgehead atoms. The molecule has 0 aliphatic rings. The van der Waals surface area contributed by atoms with Crippen molar-refractivity contribution in [1.29, 1.82) is 0 Å². The average Bonchev–Trinajstić information content (AvgIpc) is 0.918. The Balaban J connectivity index is -0.0000000200. The fraction of sp³-hybridized carbons (Fsp3) is 1.00. The van der Waals surface area contributed by atoms with E-state index in [0.717, 1.165) is 0 Å². The second kappa shape index (κ2) is 19.6. The summed E-state index contributed by atoms with van der Waals surface area (Å²) in [6.45, 7) is 1.93. The quantitative estimate of drug-likeness (QED) is 0.408. The molecule has 0 fully saturated rings. The SMILES string of the molecule is CCO.P.[Mo]. The van der Waals surface area contributed by atoms with Crippen molar-refractivity contribution in [3.05, 3.63) is 0 Å². The summed E-state index contributed by atoms with van der Waals surface area (Å²) in [6, 6.07) is 0. The molecule has 0 aromatic heterocycles. The van der Waals surface area contributed by atoms with E-state index in [1.165, 1.54) is 0 Å². The van der Waals surface area contributed by atoms with Crippen LogP contribution in [0.25, 0.3) is 0 Å². The Morgan fingerprint density at radius 1 is 1.60 bits per heavy atom. The minimum absolute atomic E-state index is 0. The Morgan fingerprint density at radius 3 is 1.60 bits per heavy atom. The van der Waals surface area contributed by atoms with Crippen LogP contribution in [0.1, 0.15) is 6.92 Å². The van der Waals surface area contributed by atoms with Crippen molar-refractivity contribution >= 4 is 9.90 Å². The zero-order valence-electron chi connectivity index (χ0n) is 3.27. The molecule has 0 spiro atoms.